The molecule has 0 bridgehead atoms. The van der Waals surface area contributed by atoms with Crippen LogP contribution in [0, 0.1) is 0 Å². The molecule has 1 unspecified atom stereocenters. The maximum Gasteiger partial charge on any atom is 0.191 e. The van der Waals surface area contributed by atoms with Crippen molar-refractivity contribution in [1.29, 1.82) is 0 Å². The molecular formula is C21H34IN3O4. The molecule has 3 aliphatic rings. The summed E-state index contributed by atoms with van der Waals surface area (Å²) in [5.74, 6) is 1.41. The van der Waals surface area contributed by atoms with Crippen LogP contribution in [0.3, 0.4) is 0 Å². The fourth-order valence-electron chi connectivity index (χ4n) is 4.20. The van der Waals surface area contributed by atoms with Crippen molar-refractivity contribution in [2.24, 2.45) is 4.99 Å². The molecule has 29 heavy (non-hydrogen) atoms. The normalized spacial score (nSPS) is 25.0. The highest BCUT2D eigenvalue weighted by molar-refractivity contribution is 14.0. The topological polar surface area (TPSA) is 77.3 Å². The summed E-state index contributed by atoms with van der Waals surface area (Å²) in [6.45, 7) is 3.41. The minimum absolute atomic E-state index is 0. The van der Waals surface area contributed by atoms with Gasteiger partial charge in [-0.2, -0.15) is 0 Å². The highest BCUT2D eigenvalue weighted by Crippen LogP contribution is 2.33. The largest absolute Gasteiger partial charge is 0.469 e. The zero-order valence-electron chi connectivity index (χ0n) is 17.1. The number of halogens is 1. The summed E-state index contributed by atoms with van der Waals surface area (Å²) < 4.78 is 23.1. The van der Waals surface area contributed by atoms with Crippen LogP contribution in [0.5, 0.6) is 0 Å². The van der Waals surface area contributed by atoms with Gasteiger partial charge in [-0.1, -0.05) is 19.3 Å². The average Bonchev–Trinajstić information content (AvgIpc) is 3.38. The molecule has 2 aliphatic heterocycles. The van der Waals surface area contributed by atoms with E-state index in [-0.39, 0.29) is 30.1 Å². The number of furan rings is 1. The molecule has 1 atom stereocenters. The monoisotopic (exact) mass is 519 g/mol. The third-order valence-electron chi connectivity index (χ3n) is 5.81. The van der Waals surface area contributed by atoms with Gasteiger partial charge in [-0.3, -0.25) is 4.99 Å². The lowest BCUT2D eigenvalue weighted by molar-refractivity contribution is -0.210. The molecule has 8 heteroatoms. The van der Waals surface area contributed by atoms with E-state index in [4.69, 9.17) is 23.6 Å². The van der Waals surface area contributed by atoms with Crippen LogP contribution in [-0.4, -0.2) is 56.8 Å². The SMILES string of the molecule is I.c1coc(CCNC(=NCC2COC3(CCOCC3)O2)NC2CCCCC2)c1. The molecule has 1 aliphatic carbocycles. The standard InChI is InChI=1S/C21H33N3O4.HI/c1-2-5-17(6-3-1)24-20(22-11-8-18-7-4-12-26-18)23-15-19-16-27-21(28-19)9-13-25-14-10-21;/h4,7,12,17,19H,1-3,5-6,8-11,13-16H2,(H2,22,23,24);1H. The number of nitrogens with one attached hydrogen (secondary N) is 2. The van der Waals surface area contributed by atoms with E-state index in [1.807, 2.05) is 12.1 Å². The molecule has 0 radical (unpaired) electrons. The molecule has 0 amide bonds. The zero-order valence-corrected chi connectivity index (χ0v) is 19.4. The molecule has 0 aromatic carbocycles. The first-order valence-electron chi connectivity index (χ1n) is 10.8. The molecule has 164 valence electrons. The van der Waals surface area contributed by atoms with Gasteiger partial charge in [0.1, 0.15) is 11.9 Å². The van der Waals surface area contributed by atoms with Crippen LogP contribution in [-0.2, 0) is 20.6 Å². The number of hydrogen-bond donors (Lipinski definition) is 2. The van der Waals surface area contributed by atoms with Crippen LogP contribution in [0.25, 0.3) is 0 Å². The third kappa shape index (κ3) is 6.83. The van der Waals surface area contributed by atoms with Crippen LogP contribution in [0.4, 0.5) is 0 Å². The Labute approximate surface area is 190 Å². The van der Waals surface area contributed by atoms with E-state index in [1.165, 1.54) is 32.1 Å². The predicted octanol–water partition coefficient (Wildman–Crippen LogP) is 3.23. The van der Waals surface area contributed by atoms with Crippen molar-refractivity contribution in [3.05, 3.63) is 24.2 Å². The van der Waals surface area contributed by atoms with Crippen LogP contribution in [0.2, 0.25) is 0 Å². The Hall–Kier alpha value is -0.840. The lowest BCUT2D eigenvalue weighted by Gasteiger charge is -2.31. The second kappa shape index (κ2) is 11.5. The Kier molecular flexibility index (Phi) is 9.08. The van der Waals surface area contributed by atoms with Gasteiger partial charge >= 0.3 is 0 Å². The molecule has 1 aromatic heterocycles. The maximum atomic E-state index is 6.21. The van der Waals surface area contributed by atoms with E-state index < -0.39 is 5.79 Å². The maximum absolute atomic E-state index is 6.21. The summed E-state index contributed by atoms with van der Waals surface area (Å²) >= 11 is 0. The highest BCUT2D eigenvalue weighted by atomic mass is 127. The Morgan fingerprint density at radius 2 is 2.00 bits per heavy atom. The van der Waals surface area contributed by atoms with Gasteiger partial charge in [0, 0.05) is 31.8 Å². The molecule has 4 rings (SSSR count). The zero-order chi connectivity index (χ0) is 19.1. The average molecular weight is 519 g/mol. The molecule has 3 fully saturated rings. The molecular weight excluding hydrogens is 485 g/mol. The highest BCUT2D eigenvalue weighted by Gasteiger charge is 2.42. The summed E-state index contributed by atoms with van der Waals surface area (Å²) in [6.07, 6.45) is 10.5. The van der Waals surface area contributed by atoms with E-state index in [9.17, 15) is 0 Å². The fourth-order valence-corrected chi connectivity index (χ4v) is 4.20. The first kappa shape index (κ1) is 22.8. The summed E-state index contributed by atoms with van der Waals surface area (Å²) in [7, 11) is 0. The molecule has 1 aromatic rings. The van der Waals surface area contributed by atoms with Gasteiger partial charge in [0.05, 0.1) is 32.6 Å². The second-order valence-electron chi connectivity index (χ2n) is 8.00. The van der Waals surface area contributed by atoms with Gasteiger partial charge < -0.3 is 29.3 Å². The first-order valence-corrected chi connectivity index (χ1v) is 10.8. The molecule has 2 N–H and O–H groups in total. The Morgan fingerprint density at radius 3 is 2.76 bits per heavy atom. The van der Waals surface area contributed by atoms with Crippen molar-refractivity contribution in [3.63, 3.8) is 0 Å². The van der Waals surface area contributed by atoms with Crippen molar-refractivity contribution in [1.82, 2.24) is 10.6 Å². The summed E-state index contributed by atoms with van der Waals surface area (Å²) in [6, 6.07) is 4.43. The van der Waals surface area contributed by atoms with Crippen molar-refractivity contribution < 1.29 is 18.6 Å². The molecule has 1 spiro atoms. The number of guanidine groups is 1. The van der Waals surface area contributed by atoms with Gasteiger partial charge in [0.2, 0.25) is 0 Å². The molecule has 1 saturated carbocycles. The quantitative estimate of drug-likeness (QED) is 0.342. The van der Waals surface area contributed by atoms with E-state index in [2.05, 4.69) is 10.6 Å². The summed E-state index contributed by atoms with van der Waals surface area (Å²) in [5, 5.41) is 7.09. The number of aliphatic imine (C=N–C) groups is 1. The fraction of sp³-hybridized carbons (Fsp3) is 0.762. The first-order chi connectivity index (χ1) is 13.8. The lowest BCUT2D eigenvalue weighted by Crippen LogP contribution is -2.45. The predicted molar refractivity (Wildman–Crippen MR) is 122 cm³/mol. The van der Waals surface area contributed by atoms with Gasteiger partial charge in [-0.15, -0.1) is 24.0 Å². The second-order valence-corrected chi connectivity index (χ2v) is 8.00. The molecule has 7 nitrogen and oxygen atoms in total. The van der Waals surface area contributed by atoms with Crippen molar-refractivity contribution in [2.75, 3.05) is 32.9 Å². The Bertz CT molecular complexity index is 613. The van der Waals surface area contributed by atoms with Gasteiger partial charge in [0.15, 0.2) is 11.7 Å². The van der Waals surface area contributed by atoms with Crippen LogP contribution >= 0.6 is 24.0 Å². The minimum Gasteiger partial charge on any atom is -0.469 e. The number of hydrogen-bond acceptors (Lipinski definition) is 5. The van der Waals surface area contributed by atoms with Crippen LogP contribution in [0.15, 0.2) is 27.8 Å². The lowest BCUT2D eigenvalue weighted by atomic mass is 9.96. The van der Waals surface area contributed by atoms with Crippen molar-refractivity contribution >= 4 is 29.9 Å². The summed E-state index contributed by atoms with van der Waals surface area (Å²) in [4.78, 5) is 4.82. The van der Waals surface area contributed by atoms with E-state index in [1.54, 1.807) is 6.26 Å². The minimum atomic E-state index is -0.442. The molecule has 2 saturated heterocycles. The van der Waals surface area contributed by atoms with Gasteiger partial charge in [-0.05, 0) is 25.0 Å². The number of ether oxygens (including phenoxy) is 3. The number of rotatable bonds is 6. The van der Waals surface area contributed by atoms with Gasteiger partial charge in [-0.25, -0.2) is 0 Å². The van der Waals surface area contributed by atoms with Crippen LogP contribution in [0.1, 0.15) is 50.7 Å². The number of nitrogens with zero attached hydrogens (tertiary/aromatic N) is 1. The smallest absolute Gasteiger partial charge is 0.191 e. The third-order valence-corrected chi connectivity index (χ3v) is 5.81. The van der Waals surface area contributed by atoms with Crippen molar-refractivity contribution in [3.8, 4) is 0 Å². The van der Waals surface area contributed by atoms with Crippen molar-refractivity contribution in [2.45, 2.75) is 69.3 Å². The van der Waals surface area contributed by atoms with E-state index >= 15 is 0 Å². The molecule has 3 heterocycles. The van der Waals surface area contributed by atoms with E-state index in [0.29, 0.717) is 32.4 Å². The van der Waals surface area contributed by atoms with Gasteiger partial charge in [0.25, 0.3) is 0 Å². The Balaban J connectivity index is 0.00000240. The van der Waals surface area contributed by atoms with Crippen LogP contribution < -0.4 is 10.6 Å². The Morgan fingerprint density at radius 1 is 1.17 bits per heavy atom. The van der Waals surface area contributed by atoms with E-state index in [0.717, 1.165) is 37.5 Å². The summed E-state index contributed by atoms with van der Waals surface area (Å²) in [5.41, 5.74) is 0.